The van der Waals surface area contributed by atoms with E-state index in [-0.39, 0.29) is 5.97 Å². The molecule has 0 amide bonds. The summed E-state index contributed by atoms with van der Waals surface area (Å²) in [5.41, 5.74) is -0.469. The van der Waals surface area contributed by atoms with Crippen molar-refractivity contribution in [3.8, 4) is 0 Å². The lowest BCUT2D eigenvalue weighted by Gasteiger charge is -2.44. The minimum absolute atomic E-state index is 0.0906. The van der Waals surface area contributed by atoms with Gasteiger partial charge in [0.05, 0.1) is 7.11 Å². The zero-order chi connectivity index (χ0) is 14.6. The third-order valence-corrected chi connectivity index (χ3v) is 5.35. The Kier molecular flexibility index (Phi) is 5.44. The van der Waals surface area contributed by atoms with E-state index in [1.807, 2.05) is 7.05 Å². The molecule has 4 nitrogen and oxygen atoms in total. The third kappa shape index (κ3) is 3.17. The van der Waals surface area contributed by atoms with Crippen LogP contribution in [0.2, 0.25) is 0 Å². The predicted molar refractivity (Wildman–Crippen MR) is 80.7 cm³/mol. The summed E-state index contributed by atoms with van der Waals surface area (Å²) in [5.74, 6) is -0.0906. The van der Waals surface area contributed by atoms with Gasteiger partial charge in [0.15, 0.2) is 0 Å². The Morgan fingerprint density at radius 1 is 1.25 bits per heavy atom. The molecule has 1 saturated carbocycles. The van der Waals surface area contributed by atoms with Crippen LogP contribution in [0.3, 0.4) is 0 Å². The molecule has 0 radical (unpaired) electrons. The topological polar surface area (TPSA) is 41.6 Å². The molecular weight excluding hydrogens is 252 g/mol. The zero-order valence-corrected chi connectivity index (χ0v) is 13.3. The second-order valence-corrected chi connectivity index (χ2v) is 6.51. The monoisotopic (exact) mass is 282 g/mol. The van der Waals surface area contributed by atoms with Gasteiger partial charge in [-0.3, -0.25) is 9.69 Å². The van der Waals surface area contributed by atoms with Gasteiger partial charge in [-0.15, -0.1) is 0 Å². The third-order valence-electron chi connectivity index (χ3n) is 5.35. The summed E-state index contributed by atoms with van der Waals surface area (Å²) in [7, 11) is 3.39. The fraction of sp³-hybridized carbons (Fsp3) is 0.938. The summed E-state index contributed by atoms with van der Waals surface area (Å²) in [6.07, 6.45) is 9.39. The lowest BCUT2D eigenvalue weighted by atomic mass is 9.78. The van der Waals surface area contributed by atoms with E-state index in [2.05, 4.69) is 17.1 Å². The summed E-state index contributed by atoms with van der Waals surface area (Å²) in [5, 5.41) is 3.27. The second-order valence-electron chi connectivity index (χ2n) is 6.51. The number of likely N-dealkylation sites (N-methyl/N-ethyl adjacent to an activating group) is 1. The number of hydrogen-bond donors (Lipinski definition) is 1. The summed E-state index contributed by atoms with van der Waals surface area (Å²) < 4.78 is 5.05. The fourth-order valence-electron chi connectivity index (χ4n) is 4.08. The molecule has 2 aliphatic rings. The smallest absolute Gasteiger partial charge is 0.326 e. The number of ether oxygens (including phenoxy) is 1. The van der Waals surface area contributed by atoms with Crippen molar-refractivity contribution in [2.45, 2.75) is 75.9 Å². The molecule has 0 aromatic rings. The van der Waals surface area contributed by atoms with Crippen LogP contribution in [0.1, 0.15) is 58.3 Å². The number of esters is 1. The van der Waals surface area contributed by atoms with Crippen molar-refractivity contribution in [1.29, 1.82) is 0 Å². The van der Waals surface area contributed by atoms with Crippen LogP contribution in [0.5, 0.6) is 0 Å². The Labute approximate surface area is 123 Å². The number of likely N-dealkylation sites (tertiary alicyclic amines) is 1. The molecular formula is C16H30N2O2. The first kappa shape index (κ1) is 15.8. The molecule has 1 aliphatic heterocycles. The van der Waals surface area contributed by atoms with Gasteiger partial charge in [-0.05, 0) is 59.0 Å². The van der Waals surface area contributed by atoms with Crippen LogP contribution in [0.4, 0.5) is 0 Å². The number of methoxy groups -OCH3 is 1. The van der Waals surface area contributed by atoms with Gasteiger partial charge in [-0.1, -0.05) is 12.8 Å². The van der Waals surface area contributed by atoms with Gasteiger partial charge in [0, 0.05) is 12.1 Å². The maximum Gasteiger partial charge on any atom is 0.326 e. The highest BCUT2D eigenvalue weighted by molar-refractivity contribution is 5.81. The van der Waals surface area contributed by atoms with Crippen LogP contribution < -0.4 is 5.32 Å². The minimum Gasteiger partial charge on any atom is -0.468 e. The van der Waals surface area contributed by atoms with Crippen LogP contribution >= 0.6 is 0 Å². The lowest BCUT2D eigenvalue weighted by Crippen LogP contribution is -2.58. The Bertz CT molecular complexity index is 334. The highest BCUT2D eigenvalue weighted by atomic mass is 16.5. The molecule has 0 spiro atoms. The average molecular weight is 282 g/mol. The van der Waals surface area contributed by atoms with Crippen LogP contribution in [0.15, 0.2) is 0 Å². The highest BCUT2D eigenvalue weighted by Gasteiger charge is 2.44. The van der Waals surface area contributed by atoms with Crippen LogP contribution in [0, 0.1) is 0 Å². The first-order valence-corrected chi connectivity index (χ1v) is 8.16. The maximum atomic E-state index is 12.2. The molecule has 2 fully saturated rings. The molecule has 0 bridgehead atoms. The number of nitrogens with zero attached hydrogens (tertiary/aromatic N) is 1. The number of carbonyl (C=O) groups is 1. The Balaban J connectivity index is 2.10. The first-order chi connectivity index (χ1) is 9.63. The second kappa shape index (κ2) is 6.90. The Morgan fingerprint density at radius 2 is 2.05 bits per heavy atom. The highest BCUT2D eigenvalue weighted by Crippen LogP contribution is 2.34. The van der Waals surface area contributed by atoms with Gasteiger partial charge in [0.2, 0.25) is 0 Å². The predicted octanol–water partition coefficient (Wildman–Crippen LogP) is 2.32. The SMILES string of the molecule is CNC1(C(=O)OC)CCCC(N2CCCCCC2C)C1. The van der Waals surface area contributed by atoms with E-state index >= 15 is 0 Å². The molecule has 1 heterocycles. The van der Waals surface area contributed by atoms with Gasteiger partial charge in [-0.2, -0.15) is 0 Å². The minimum atomic E-state index is -0.469. The van der Waals surface area contributed by atoms with Crippen LogP contribution in [-0.2, 0) is 9.53 Å². The summed E-state index contributed by atoms with van der Waals surface area (Å²) in [4.78, 5) is 14.8. The van der Waals surface area contributed by atoms with Crippen LogP contribution in [0.25, 0.3) is 0 Å². The molecule has 3 atom stereocenters. The van der Waals surface area contributed by atoms with Gasteiger partial charge < -0.3 is 10.1 Å². The van der Waals surface area contributed by atoms with Crippen molar-refractivity contribution in [1.82, 2.24) is 10.2 Å². The zero-order valence-electron chi connectivity index (χ0n) is 13.3. The number of carbonyl (C=O) groups excluding carboxylic acids is 1. The maximum absolute atomic E-state index is 12.2. The quantitative estimate of drug-likeness (QED) is 0.807. The largest absolute Gasteiger partial charge is 0.468 e. The first-order valence-electron chi connectivity index (χ1n) is 8.16. The normalized spacial score (nSPS) is 36.4. The standard InChI is InChI=1S/C16H30N2O2/c1-13-8-5-4-6-11-18(13)14-9-7-10-16(12-14,17-2)15(19)20-3/h13-14,17H,4-12H2,1-3H3. The summed E-state index contributed by atoms with van der Waals surface area (Å²) in [6.45, 7) is 3.53. The van der Waals surface area contributed by atoms with Crippen molar-refractivity contribution in [3.05, 3.63) is 0 Å². The molecule has 116 valence electrons. The van der Waals surface area contributed by atoms with E-state index in [0.29, 0.717) is 12.1 Å². The molecule has 1 aliphatic carbocycles. The number of rotatable bonds is 3. The molecule has 0 aromatic heterocycles. The number of nitrogens with one attached hydrogen (secondary N) is 1. The van der Waals surface area contributed by atoms with Gasteiger partial charge in [0.1, 0.15) is 5.54 Å². The summed E-state index contributed by atoms with van der Waals surface area (Å²) >= 11 is 0. The number of hydrogen-bond acceptors (Lipinski definition) is 4. The molecule has 3 unspecified atom stereocenters. The Morgan fingerprint density at radius 3 is 2.75 bits per heavy atom. The van der Waals surface area contributed by atoms with Crippen LogP contribution in [-0.4, -0.2) is 49.2 Å². The molecule has 4 heteroatoms. The van der Waals surface area contributed by atoms with E-state index in [1.165, 1.54) is 45.8 Å². The van der Waals surface area contributed by atoms with E-state index in [4.69, 9.17) is 4.74 Å². The van der Waals surface area contributed by atoms with E-state index in [1.54, 1.807) is 0 Å². The van der Waals surface area contributed by atoms with Crippen molar-refractivity contribution >= 4 is 5.97 Å². The molecule has 2 rings (SSSR count). The molecule has 1 N–H and O–H groups in total. The van der Waals surface area contributed by atoms with Gasteiger partial charge >= 0.3 is 5.97 Å². The van der Waals surface area contributed by atoms with Gasteiger partial charge in [-0.25, -0.2) is 0 Å². The fourth-order valence-corrected chi connectivity index (χ4v) is 4.08. The van der Waals surface area contributed by atoms with E-state index in [9.17, 15) is 4.79 Å². The van der Waals surface area contributed by atoms with Crippen molar-refractivity contribution in [3.63, 3.8) is 0 Å². The Hall–Kier alpha value is -0.610. The molecule has 20 heavy (non-hydrogen) atoms. The average Bonchev–Trinajstić information content (AvgIpc) is 2.71. The van der Waals surface area contributed by atoms with Crippen molar-refractivity contribution < 1.29 is 9.53 Å². The lowest BCUT2D eigenvalue weighted by molar-refractivity contribution is -0.151. The molecule has 0 aromatic carbocycles. The van der Waals surface area contributed by atoms with Crippen molar-refractivity contribution in [2.24, 2.45) is 0 Å². The van der Waals surface area contributed by atoms with E-state index in [0.717, 1.165) is 19.3 Å². The van der Waals surface area contributed by atoms with Gasteiger partial charge in [0.25, 0.3) is 0 Å². The molecule has 1 saturated heterocycles. The van der Waals surface area contributed by atoms with Crippen molar-refractivity contribution in [2.75, 3.05) is 20.7 Å². The summed E-state index contributed by atoms with van der Waals surface area (Å²) in [6, 6.07) is 1.16. The van der Waals surface area contributed by atoms with E-state index < -0.39 is 5.54 Å².